The average Bonchev–Trinajstić information content (AvgIpc) is 2.62. The fourth-order valence-corrected chi connectivity index (χ4v) is 3.61. The predicted octanol–water partition coefficient (Wildman–Crippen LogP) is 3.53. The molecule has 0 saturated heterocycles. The van der Waals surface area contributed by atoms with E-state index >= 15 is 0 Å². The van der Waals surface area contributed by atoms with Gasteiger partial charge < -0.3 is 9.84 Å². The maximum absolute atomic E-state index is 12.2. The monoisotopic (exact) mass is 360 g/mol. The Morgan fingerprint density at radius 2 is 1.76 bits per heavy atom. The van der Waals surface area contributed by atoms with Crippen molar-refractivity contribution in [3.05, 3.63) is 59.7 Å². The molecule has 0 aromatic heterocycles. The molecule has 2 aromatic carbocycles. The summed E-state index contributed by atoms with van der Waals surface area (Å²) in [6, 6.07) is 14.5. The summed E-state index contributed by atoms with van der Waals surface area (Å²) in [4.78, 5) is 12.8. The average molecular weight is 360 g/mol. The summed E-state index contributed by atoms with van der Waals surface area (Å²) in [5, 5.41) is 10.1. The number of aliphatic hydroxyl groups excluding tert-OH is 1. The summed E-state index contributed by atoms with van der Waals surface area (Å²) in [5.74, 6) is 0.944. The van der Waals surface area contributed by atoms with Crippen LogP contribution in [-0.2, 0) is 10.8 Å². The van der Waals surface area contributed by atoms with Gasteiger partial charge in [-0.3, -0.25) is 9.00 Å². The number of aryl methyl sites for hydroxylation is 1. The van der Waals surface area contributed by atoms with E-state index in [4.69, 9.17) is 4.74 Å². The van der Waals surface area contributed by atoms with Gasteiger partial charge in [0, 0.05) is 16.9 Å². The summed E-state index contributed by atoms with van der Waals surface area (Å²) in [6.07, 6.45) is 0.711. The molecule has 1 N–H and O–H groups in total. The molecule has 0 fully saturated rings. The van der Waals surface area contributed by atoms with Crippen LogP contribution >= 0.6 is 0 Å². The Morgan fingerprint density at radius 3 is 2.36 bits per heavy atom. The lowest BCUT2D eigenvalue weighted by molar-refractivity contribution is 0.0972. The molecule has 134 valence electrons. The summed E-state index contributed by atoms with van der Waals surface area (Å²) < 4.78 is 17.3. The third-order valence-electron chi connectivity index (χ3n) is 3.98. The molecule has 2 rings (SSSR count). The van der Waals surface area contributed by atoms with Crippen molar-refractivity contribution < 1.29 is 18.8 Å². The zero-order chi connectivity index (χ0) is 18.2. The molecule has 2 atom stereocenters. The smallest absolute Gasteiger partial charge is 0.162 e. The molecule has 0 heterocycles. The number of carbonyl (C=O) groups is 1. The standard InChI is InChI=1S/C20H24O4S/c1-15-6-12-19(13-7-15)25(23)14-17(21)4-3-5-20(22)16-8-10-18(24-2)11-9-16/h6-13,17,21H,3-5,14H2,1-2H3/t17-,25-/m1/s1. The van der Waals surface area contributed by atoms with Crippen molar-refractivity contribution >= 4 is 16.6 Å². The van der Waals surface area contributed by atoms with Crippen molar-refractivity contribution in [1.82, 2.24) is 0 Å². The van der Waals surface area contributed by atoms with E-state index in [0.29, 0.717) is 30.6 Å². The van der Waals surface area contributed by atoms with Gasteiger partial charge in [-0.25, -0.2) is 0 Å². The van der Waals surface area contributed by atoms with Gasteiger partial charge in [0.25, 0.3) is 0 Å². The molecule has 2 aromatic rings. The van der Waals surface area contributed by atoms with Crippen LogP contribution < -0.4 is 4.74 Å². The Morgan fingerprint density at radius 1 is 1.12 bits per heavy atom. The van der Waals surface area contributed by atoms with E-state index in [1.807, 2.05) is 31.2 Å². The molecule has 4 nitrogen and oxygen atoms in total. The van der Waals surface area contributed by atoms with Gasteiger partial charge in [0.2, 0.25) is 0 Å². The summed E-state index contributed by atoms with van der Waals surface area (Å²) in [6.45, 7) is 1.97. The fourth-order valence-electron chi connectivity index (χ4n) is 2.46. The second-order valence-electron chi connectivity index (χ2n) is 6.02. The first kappa shape index (κ1) is 19.3. The van der Waals surface area contributed by atoms with Crippen molar-refractivity contribution in [2.45, 2.75) is 37.2 Å². The number of Topliss-reactive ketones (excluding diaryl/α,β-unsaturated/α-hetero) is 1. The van der Waals surface area contributed by atoms with Crippen molar-refractivity contribution in [3.8, 4) is 5.75 Å². The molecule has 0 radical (unpaired) electrons. The Labute approximate surface area is 151 Å². The van der Waals surface area contributed by atoms with Crippen LogP contribution in [0.25, 0.3) is 0 Å². The normalized spacial score (nSPS) is 13.2. The highest BCUT2D eigenvalue weighted by Crippen LogP contribution is 2.15. The van der Waals surface area contributed by atoms with Gasteiger partial charge >= 0.3 is 0 Å². The summed E-state index contributed by atoms with van der Waals surface area (Å²) in [7, 11) is 0.358. The molecule has 0 amide bonds. The molecule has 5 heteroatoms. The highest BCUT2D eigenvalue weighted by Gasteiger charge is 2.13. The molecule has 0 aliphatic carbocycles. The van der Waals surface area contributed by atoms with E-state index in [9.17, 15) is 14.1 Å². The molecule has 0 spiro atoms. The molecule has 25 heavy (non-hydrogen) atoms. The van der Waals surface area contributed by atoms with E-state index < -0.39 is 16.9 Å². The lowest BCUT2D eigenvalue weighted by Crippen LogP contribution is -2.17. The van der Waals surface area contributed by atoms with Crippen molar-refractivity contribution in [2.24, 2.45) is 0 Å². The molecule has 0 bridgehead atoms. The van der Waals surface area contributed by atoms with Gasteiger partial charge in [-0.05, 0) is 56.2 Å². The molecular weight excluding hydrogens is 336 g/mol. The van der Waals surface area contributed by atoms with Gasteiger partial charge in [0.15, 0.2) is 5.78 Å². The Kier molecular flexibility index (Phi) is 7.34. The third kappa shape index (κ3) is 6.11. The second kappa shape index (κ2) is 9.49. The van der Waals surface area contributed by atoms with E-state index in [1.165, 1.54) is 0 Å². The van der Waals surface area contributed by atoms with E-state index in [2.05, 4.69) is 0 Å². The minimum atomic E-state index is -1.22. The predicted molar refractivity (Wildman–Crippen MR) is 99.6 cm³/mol. The number of benzene rings is 2. The lowest BCUT2D eigenvalue weighted by Gasteiger charge is -2.10. The Bertz CT molecular complexity index is 707. The SMILES string of the molecule is COc1ccc(C(=O)CCC[C@@H](O)C[S@@](=O)c2ccc(C)cc2)cc1. The van der Waals surface area contributed by atoms with Gasteiger partial charge in [-0.15, -0.1) is 0 Å². The number of ether oxygens (including phenoxy) is 1. The van der Waals surface area contributed by atoms with Gasteiger partial charge in [-0.1, -0.05) is 17.7 Å². The molecule has 0 aliphatic rings. The van der Waals surface area contributed by atoms with E-state index in [-0.39, 0.29) is 11.5 Å². The molecular formula is C20H24O4S. The topological polar surface area (TPSA) is 63.6 Å². The van der Waals surface area contributed by atoms with Gasteiger partial charge in [0.1, 0.15) is 5.75 Å². The fraction of sp³-hybridized carbons (Fsp3) is 0.350. The number of rotatable bonds is 9. The number of ketones is 1. The van der Waals surface area contributed by atoms with Gasteiger partial charge in [-0.2, -0.15) is 0 Å². The van der Waals surface area contributed by atoms with Crippen LogP contribution in [0.3, 0.4) is 0 Å². The zero-order valence-electron chi connectivity index (χ0n) is 14.6. The van der Waals surface area contributed by atoms with E-state index in [0.717, 1.165) is 10.5 Å². The van der Waals surface area contributed by atoms with Crippen LogP contribution in [0.15, 0.2) is 53.4 Å². The van der Waals surface area contributed by atoms with Crippen LogP contribution in [0.2, 0.25) is 0 Å². The highest BCUT2D eigenvalue weighted by atomic mass is 32.2. The Hall–Kier alpha value is -1.98. The first-order valence-electron chi connectivity index (χ1n) is 8.30. The largest absolute Gasteiger partial charge is 0.497 e. The molecule has 0 saturated carbocycles. The van der Waals surface area contributed by atoms with Crippen LogP contribution in [0.1, 0.15) is 35.2 Å². The molecule has 0 unspecified atom stereocenters. The zero-order valence-corrected chi connectivity index (χ0v) is 15.4. The number of hydrogen-bond donors (Lipinski definition) is 1. The number of carbonyl (C=O) groups excluding carboxylic acids is 1. The van der Waals surface area contributed by atoms with E-state index in [1.54, 1.807) is 31.4 Å². The quantitative estimate of drug-likeness (QED) is 0.695. The van der Waals surface area contributed by atoms with Crippen LogP contribution in [0.4, 0.5) is 0 Å². The maximum atomic E-state index is 12.2. The van der Waals surface area contributed by atoms with Crippen LogP contribution in [0.5, 0.6) is 5.75 Å². The second-order valence-corrected chi connectivity index (χ2v) is 7.52. The van der Waals surface area contributed by atoms with Crippen LogP contribution in [-0.4, -0.2) is 34.1 Å². The molecule has 0 aliphatic heterocycles. The first-order chi connectivity index (χ1) is 12.0. The number of hydrogen-bond acceptors (Lipinski definition) is 4. The minimum Gasteiger partial charge on any atom is -0.497 e. The Balaban J connectivity index is 1.75. The number of aliphatic hydroxyl groups is 1. The highest BCUT2D eigenvalue weighted by molar-refractivity contribution is 7.85. The first-order valence-corrected chi connectivity index (χ1v) is 9.62. The van der Waals surface area contributed by atoms with Crippen LogP contribution in [0, 0.1) is 6.92 Å². The lowest BCUT2D eigenvalue weighted by atomic mass is 10.0. The maximum Gasteiger partial charge on any atom is 0.162 e. The van der Waals surface area contributed by atoms with Gasteiger partial charge in [0.05, 0.1) is 29.8 Å². The minimum absolute atomic E-state index is 0.0366. The van der Waals surface area contributed by atoms with Crippen molar-refractivity contribution in [3.63, 3.8) is 0 Å². The third-order valence-corrected chi connectivity index (χ3v) is 5.47. The summed E-state index contributed by atoms with van der Waals surface area (Å²) >= 11 is 0. The van der Waals surface area contributed by atoms with Crippen molar-refractivity contribution in [2.75, 3.05) is 12.9 Å². The van der Waals surface area contributed by atoms with Crippen molar-refractivity contribution in [1.29, 1.82) is 0 Å². The summed E-state index contributed by atoms with van der Waals surface area (Å²) in [5.41, 5.74) is 1.75. The number of methoxy groups -OCH3 is 1.